The Kier molecular flexibility index (Phi) is 2.37. The molecule has 1 saturated heterocycles. The molecular formula is C8H8BrNO3. The maximum absolute atomic E-state index is 10.8. The SMILES string of the molecule is O=C1COC(c2ccc(Br)o2)CN1. The van der Waals surface area contributed by atoms with Crippen LogP contribution in [0.5, 0.6) is 0 Å². The first-order chi connectivity index (χ1) is 6.25. The number of hydrogen-bond acceptors (Lipinski definition) is 3. The van der Waals surface area contributed by atoms with E-state index in [2.05, 4.69) is 21.2 Å². The van der Waals surface area contributed by atoms with Gasteiger partial charge in [-0.25, -0.2) is 0 Å². The Hall–Kier alpha value is -0.810. The molecule has 1 aliphatic heterocycles. The van der Waals surface area contributed by atoms with E-state index < -0.39 is 0 Å². The summed E-state index contributed by atoms with van der Waals surface area (Å²) in [6.45, 7) is 0.571. The highest BCUT2D eigenvalue weighted by Gasteiger charge is 2.22. The van der Waals surface area contributed by atoms with Gasteiger partial charge in [0.15, 0.2) is 4.67 Å². The molecule has 0 spiro atoms. The summed E-state index contributed by atoms with van der Waals surface area (Å²) in [5.74, 6) is 0.647. The zero-order valence-electron chi connectivity index (χ0n) is 6.75. The van der Waals surface area contributed by atoms with Crippen LogP contribution in [0.4, 0.5) is 0 Å². The van der Waals surface area contributed by atoms with Crippen LogP contribution < -0.4 is 5.32 Å². The van der Waals surface area contributed by atoms with E-state index in [0.717, 1.165) is 5.76 Å². The average Bonchev–Trinajstić information content (AvgIpc) is 2.53. The second-order valence-electron chi connectivity index (χ2n) is 2.75. The summed E-state index contributed by atoms with van der Waals surface area (Å²) in [7, 11) is 0. The fourth-order valence-corrected chi connectivity index (χ4v) is 1.50. The number of carbonyl (C=O) groups is 1. The van der Waals surface area contributed by atoms with Crippen LogP contribution in [0.15, 0.2) is 21.2 Å². The first-order valence-electron chi connectivity index (χ1n) is 3.89. The summed E-state index contributed by atoms with van der Waals surface area (Å²) in [4.78, 5) is 10.8. The van der Waals surface area contributed by atoms with Gasteiger partial charge in [0.2, 0.25) is 5.91 Å². The van der Waals surface area contributed by atoms with Crippen LogP contribution in [-0.2, 0) is 9.53 Å². The van der Waals surface area contributed by atoms with Crippen LogP contribution in [-0.4, -0.2) is 19.1 Å². The predicted octanol–water partition coefficient (Wildman–Crippen LogP) is 1.23. The zero-order valence-corrected chi connectivity index (χ0v) is 8.33. The minimum Gasteiger partial charge on any atom is -0.452 e. The van der Waals surface area contributed by atoms with Crippen LogP contribution in [0.25, 0.3) is 0 Å². The summed E-state index contributed by atoms with van der Waals surface area (Å²) in [5, 5.41) is 2.70. The van der Waals surface area contributed by atoms with Gasteiger partial charge >= 0.3 is 0 Å². The van der Waals surface area contributed by atoms with Crippen molar-refractivity contribution < 1.29 is 13.9 Å². The molecule has 1 amide bonds. The van der Waals surface area contributed by atoms with Gasteiger partial charge in [0.25, 0.3) is 0 Å². The summed E-state index contributed by atoms with van der Waals surface area (Å²) in [6, 6.07) is 3.63. The third kappa shape index (κ3) is 1.92. The molecule has 1 fully saturated rings. The second kappa shape index (κ2) is 3.51. The van der Waals surface area contributed by atoms with Gasteiger partial charge in [-0.15, -0.1) is 0 Å². The van der Waals surface area contributed by atoms with Gasteiger partial charge in [0.1, 0.15) is 18.5 Å². The molecule has 5 heteroatoms. The number of rotatable bonds is 1. The topological polar surface area (TPSA) is 51.5 Å². The van der Waals surface area contributed by atoms with Crippen molar-refractivity contribution in [1.82, 2.24) is 5.32 Å². The Morgan fingerprint density at radius 1 is 1.54 bits per heavy atom. The lowest BCUT2D eigenvalue weighted by Crippen LogP contribution is -2.38. The Morgan fingerprint density at radius 3 is 2.92 bits per heavy atom. The van der Waals surface area contributed by atoms with Crippen LogP contribution in [0.3, 0.4) is 0 Å². The Balaban J connectivity index is 2.06. The van der Waals surface area contributed by atoms with Crippen molar-refractivity contribution in [3.8, 4) is 0 Å². The lowest BCUT2D eigenvalue weighted by molar-refractivity contribution is -0.134. The number of furan rings is 1. The molecule has 1 aliphatic rings. The van der Waals surface area contributed by atoms with Crippen LogP contribution in [0.1, 0.15) is 11.9 Å². The normalized spacial score (nSPS) is 22.8. The largest absolute Gasteiger partial charge is 0.452 e. The third-order valence-corrected chi connectivity index (χ3v) is 2.24. The molecular weight excluding hydrogens is 238 g/mol. The molecule has 4 nitrogen and oxygen atoms in total. The minimum atomic E-state index is -0.163. The summed E-state index contributed by atoms with van der Waals surface area (Å²) >= 11 is 3.20. The van der Waals surface area contributed by atoms with E-state index in [0.29, 0.717) is 11.2 Å². The number of nitrogens with one attached hydrogen (secondary N) is 1. The summed E-state index contributed by atoms with van der Waals surface area (Å²) < 4.78 is 11.2. The zero-order chi connectivity index (χ0) is 9.26. The third-order valence-electron chi connectivity index (χ3n) is 1.81. The molecule has 2 rings (SSSR count). The van der Waals surface area contributed by atoms with Crippen molar-refractivity contribution >= 4 is 21.8 Å². The molecule has 1 unspecified atom stereocenters. The van der Waals surface area contributed by atoms with Crippen LogP contribution in [0.2, 0.25) is 0 Å². The van der Waals surface area contributed by atoms with Gasteiger partial charge in [-0.3, -0.25) is 4.79 Å². The maximum atomic E-state index is 10.8. The number of hydrogen-bond donors (Lipinski definition) is 1. The van der Waals surface area contributed by atoms with Crippen molar-refractivity contribution in [3.05, 3.63) is 22.6 Å². The average molecular weight is 246 g/mol. The van der Waals surface area contributed by atoms with Gasteiger partial charge in [-0.1, -0.05) is 0 Å². The van der Waals surface area contributed by atoms with E-state index in [4.69, 9.17) is 9.15 Å². The fraction of sp³-hybridized carbons (Fsp3) is 0.375. The number of carbonyl (C=O) groups excluding carboxylic acids is 1. The van der Waals surface area contributed by atoms with Crippen molar-refractivity contribution in [2.24, 2.45) is 0 Å². The van der Waals surface area contributed by atoms with Gasteiger partial charge in [-0.05, 0) is 28.1 Å². The predicted molar refractivity (Wildman–Crippen MR) is 48.1 cm³/mol. The quantitative estimate of drug-likeness (QED) is 0.810. The smallest absolute Gasteiger partial charge is 0.246 e. The second-order valence-corrected chi connectivity index (χ2v) is 3.53. The monoisotopic (exact) mass is 245 g/mol. The molecule has 0 saturated carbocycles. The number of morpholine rings is 1. The highest BCUT2D eigenvalue weighted by atomic mass is 79.9. The fourth-order valence-electron chi connectivity index (χ4n) is 1.18. The maximum Gasteiger partial charge on any atom is 0.246 e. The van der Waals surface area contributed by atoms with E-state index in [1.807, 2.05) is 6.07 Å². The van der Waals surface area contributed by atoms with E-state index in [9.17, 15) is 4.79 Å². The first-order valence-corrected chi connectivity index (χ1v) is 4.68. The number of halogens is 1. The van der Waals surface area contributed by atoms with Gasteiger partial charge in [0, 0.05) is 0 Å². The lowest BCUT2D eigenvalue weighted by Gasteiger charge is -2.20. The van der Waals surface area contributed by atoms with E-state index in [1.165, 1.54) is 0 Å². The van der Waals surface area contributed by atoms with Crippen LogP contribution in [0, 0.1) is 0 Å². The Morgan fingerprint density at radius 2 is 2.38 bits per heavy atom. The lowest BCUT2D eigenvalue weighted by atomic mass is 10.2. The van der Waals surface area contributed by atoms with E-state index in [-0.39, 0.29) is 18.6 Å². The Labute approximate surface area is 83.4 Å². The van der Waals surface area contributed by atoms with Crippen molar-refractivity contribution in [2.75, 3.05) is 13.2 Å². The molecule has 1 N–H and O–H groups in total. The van der Waals surface area contributed by atoms with Gasteiger partial charge < -0.3 is 14.5 Å². The van der Waals surface area contributed by atoms with Gasteiger partial charge in [-0.2, -0.15) is 0 Å². The van der Waals surface area contributed by atoms with E-state index in [1.54, 1.807) is 6.07 Å². The molecule has 0 bridgehead atoms. The van der Waals surface area contributed by atoms with Crippen molar-refractivity contribution in [1.29, 1.82) is 0 Å². The number of ether oxygens (including phenoxy) is 1. The number of amides is 1. The van der Waals surface area contributed by atoms with E-state index >= 15 is 0 Å². The van der Waals surface area contributed by atoms with Crippen molar-refractivity contribution in [3.63, 3.8) is 0 Å². The summed E-state index contributed by atoms with van der Waals surface area (Å²) in [6.07, 6.45) is -0.163. The minimum absolute atomic E-state index is 0.0816. The molecule has 0 aromatic carbocycles. The van der Waals surface area contributed by atoms with Crippen LogP contribution >= 0.6 is 15.9 Å². The standard InChI is InChI=1S/C8H8BrNO3/c9-7-2-1-5(13-7)6-3-10-8(11)4-12-6/h1-2,6H,3-4H2,(H,10,11). The Bertz CT molecular complexity index is 313. The molecule has 13 heavy (non-hydrogen) atoms. The first kappa shape index (κ1) is 8.77. The molecule has 1 aromatic heterocycles. The molecule has 0 aliphatic carbocycles. The van der Waals surface area contributed by atoms with Crippen molar-refractivity contribution in [2.45, 2.75) is 6.10 Å². The molecule has 0 radical (unpaired) electrons. The highest BCUT2D eigenvalue weighted by molar-refractivity contribution is 9.10. The molecule has 1 aromatic rings. The molecule has 70 valence electrons. The summed E-state index contributed by atoms with van der Waals surface area (Å²) in [5.41, 5.74) is 0. The molecule has 1 atom stereocenters. The van der Waals surface area contributed by atoms with Gasteiger partial charge in [0.05, 0.1) is 6.54 Å². The highest BCUT2D eigenvalue weighted by Crippen LogP contribution is 2.23. The molecule has 2 heterocycles.